The lowest BCUT2D eigenvalue weighted by Gasteiger charge is -2.21. The molecule has 0 spiro atoms. The highest BCUT2D eigenvalue weighted by molar-refractivity contribution is 5.84. The average Bonchev–Trinajstić information content (AvgIpc) is 2.79. The maximum absolute atomic E-state index is 13.2. The topological polar surface area (TPSA) is 57.6 Å². The van der Waals surface area contributed by atoms with Crippen molar-refractivity contribution in [3.05, 3.63) is 35.6 Å². The minimum Gasteiger partial charge on any atom is -0.481 e. The summed E-state index contributed by atoms with van der Waals surface area (Å²) in [5, 5.41) is 9.09. The Kier molecular flexibility index (Phi) is 4.06. The van der Waals surface area contributed by atoms with E-state index in [0.717, 1.165) is 0 Å². The number of amides is 1. The van der Waals surface area contributed by atoms with Crippen molar-refractivity contribution in [3.8, 4) is 0 Å². The van der Waals surface area contributed by atoms with Crippen LogP contribution in [-0.4, -0.2) is 35.0 Å². The van der Waals surface area contributed by atoms with Crippen molar-refractivity contribution in [1.29, 1.82) is 0 Å². The minimum atomic E-state index is -0.869. The van der Waals surface area contributed by atoms with Gasteiger partial charge in [0.1, 0.15) is 5.82 Å². The number of carboxylic acids is 1. The summed E-state index contributed by atoms with van der Waals surface area (Å²) in [6.45, 7) is 4.22. The highest BCUT2D eigenvalue weighted by Crippen LogP contribution is 2.27. The molecule has 5 heteroatoms. The van der Waals surface area contributed by atoms with Crippen molar-refractivity contribution in [3.63, 3.8) is 0 Å². The van der Waals surface area contributed by atoms with E-state index in [2.05, 4.69) is 0 Å². The Hall–Kier alpha value is -1.91. The lowest BCUT2D eigenvalue weighted by Crippen LogP contribution is -2.33. The van der Waals surface area contributed by atoms with E-state index < -0.39 is 17.8 Å². The van der Waals surface area contributed by atoms with Gasteiger partial charge in [-0.3, -0.25) is 9.59 Å². The molecule has 1 aliphatic heterocycles. The molecular formula is C15H18FNO3. The molecule has 2 rings (SSSR count). The van der Waals surface area contributed by atoms with Gasteiger partial charge in [0, 0.05) is 13.1 Å². The standard InChI is InChI=1S/C15H18FNO3/c1-9-7-17(8-13(9)15(19)20)14(18)10(2)11-4-3-5-12(16)6-11/h3-6,9-10,13H,7-8H2,1-2H3,(H,19,20)/t9-,10?,13-/m1/s1. The molecule has 1 fully saturated rings. The first kappa shape index (κ1) is 14.5. The Morgan fingerprint density at radius 1 is 1.40 bits per heavy atom. The van der Waals surface area contributed by atoms with E-state index in [9.17, 15) is 14.0 Å². The van der Waals surface area contributed by atoms with Crippen molar-refractivity contribution in [2.75, 3.05) is 13.1 Å². The maximum Gasteiger partial charge on any atom is 0.308 e. The third-order valence-corrected chi connectivity index (χ3v) is 3.96. The molecule has 0 bridgehead atoms. The number of nitrogens with zero attached hydrogens (tertiary/aromatic N) is 1. The number of carboxylic acid groups (broad SMARTS) is 1. The first-order chi connectivity index (χ1) is 9.40. The van der Waals surface area contributed by atoms with Crippen LogP contribution in [0, 0.1) is 17.7 Å². The molecule has 0 aliphatic carbocycles. The third-order valence-electron chi connectivity index (χ3n) is 3.96. The fourth-order valence-electron chi connectivity index (χ4n) is 2.66. The lowest BCUT2D eigenvalue weighted by atomic mass is 9.99. The predicted octanol–water partition coefficient (Wildman–Crippen LogP) is 2.11. The zero-order valence-electron chi connectivity index (χ0n) is 11.5. The van der Waals surface area contributed by atoms with Gasteiger partial charge < -0.3 is 10.0 Å². The Bertz CT molecular complexity index is 532. The van der Waals surface area contributed by atoms with E-state index in [1.807, 2.05) is 6.92 Å². The van der Waals surface area contributed by atoms with Crippen LogP contribution in [0.25, 0.3) is 0 Å². The summed E-state index contributed by atoms with van der Waals surface area (Å²) in [7, 11) is 0. The van der Waals surface area contributed by atoms with Gasteiger partial charge in [-0.05, 0) is 30.5 Å². The average molecular weight is 279 g/mol. The molecule has 1 amide bonds. The zero-order chi connectivity index (χ0) is 14.9. The van der Waals surface area contributed by atoms with Crippen molar-refractivity contribution < 1.29 is 19.1 Å². The second-order valence-electron chi connectivity index (χ2n) is 5.44. The molecule has 1 aliphatic rings. The van der Waals surface area contributed by atoms with Crippen molar-refractivity contribution in [2.45, 2.75) is 19.8 Å². The zero-order valence-corrected chi connectivity index (χ0v) is 11.5. The number of halogens is 1. The second-order valence-corrected chi connectivity index (χ2v) is 5.44. The van der Waals surface area contributed by atoms with E-state index in [-0.39, 0.29) is 24.2 Å². The van der Waals surface area contributed by atoms with Gasteiger partial charge in [0.05, 0.1) is 11.8 Å². The van der Waals surface area contributed by atoms with Crippen LogP contribution in [0.15, 0.2) is 24.3 Å². The van der Waals surface area contributed by atoms with Crippen LogP contribution in [0.2, 0.25) is 0 Å². The van der Waals surface area contributed by atoms with Crippen molar-refractivity contribution in [1.82, 2.24) is 4.90 Å². The number of rotatable bonds is 3. The van der Waals surface area contributed by atoms with E-state index in [1.165, 1.54) is 12.1 Å². The number of hydrogen-bond donors (Lipinski definition) is 1. The summed E-state index contributed by atoms with van der Waals surface area (Å²) in [4.78, 5) is 25.0. The van der Waals surface area contributed by atoms with Crippen LogP contribution in [0.5, 0.6) is 0 Å². The molecular weight excluding hydrogens is 261 g/mol. The summed E-state index contributed by atoms with van der Waals surface area (Å²) in [6.07, 6.45) is 0. The summed E-state index contributed by atoms with van der Waals surface area (Å²) >= 11 is 0. The second kappa shape index (κ2) is 5.61. The molecule has 20 heavy (non-hydrogen) atoms. The summed E-state index contributed by atoms with van der Waals surface area (Å²) in [5.41, 5.74) is 0.612. The van der Waals surface area contributed by atoms with E-state index in [4.69, 9.17) is 5.11 Å². The van der Waals surface area contributed by atoms with E-state index in [0.29, 0.717) is 12.1 Å². The Morgan fingerprint density at radius 3 is 2.65 bits per heavy atom. The summed E-state index contributed by atoms with van der Waals surface area (Å²) in [5.74, 6) is -2.43. The largest absolute Gasteiger partial charge is 0.481 e. The van der Waals surface area contributed by atoms with Crippen LogP contribution in [0.4, 0.5) is 4.39 Å². The van der Waals surface area contributed by atoms with Gasteiger partial charge in [-0.1, -0.05) is 19.1 Å². The molecule has 3 atom stereocenters. The van der Waals surface area contributed by atoms with Crippen LogP contribution in [0.3, 0.4) is 0 Å². The van der Waals surface area contributed by atoms with Crippen LogP contribution >= 0.6 is 0 Å². The summed E-state index contributed by atoms with van der Waals surface area (Å²) in [6, 6.07) is 5.96. The fraction of sp³-hybridized carbons (Fsp3) is 0.467. The SMILES string of the molecule is CC(C(=O)N1C[C@@H](C)[C@H](C(=O)O)C1)c1cccc(F)c1. The van der Waals surface area contributed by atoms with Crippen LogP contribution in [0.1, 0.15) is 25.3 Å². The molecule has 0 saturated carbocycles. The van der Waals surface area contributed by atoms with Gasteiger partial charge in [-0.15, -0.1) is 0 Å². The lowest BCUT2D eigenvalue weighted by molar-refractivity contribution is -0.142. The monoisotopic (exact) mass is 279 g/mol. The molecule has 0 radical (unpaired) electrons. The highest BCUT2D eigenvalue weighted by atomic mass is 19.1. The van der Waals surface area contributed by atoms with Gasteiger partial charge in [-0.25, -0.2) is 4.39 Å². The molecule has 0 aromatic heterocycles. The third kappa shape index (κ3) is 2.81. The van der Waals surface area contributed by atoms with Crippen LogP contribution in [-0.2, 0) is 9.59 Å². The quantitative estimate of drug-likeness (QED) is 0.922. The van der Waals surface area contributed by atoms with E-state index in [1.54, 1.807) is 24.0 Å². The fourth-order valence-corrected chi connectivity index (χ4v) is 2.66. The smallest absolute Gasteiger partial charge is 0.308 e. The van der Waals surface area contributed by atoms with Gasteiger partial charge in [-0.2, -0.15) is 0 Å². The molecule has 1 unspecified atom stereocenters. The summed E-state index contributed by atoms with van der Waals surface area (Å²) < 4.78 is 13.2. The first-order valence-electron chi connectivity index (χ1n) is 6.67. The Balaban J connectivity index is 2.10. The minimum absolute atomic E-state index is 0.0591. The van der Waals surface area contributed by atoms with Crippen LogP contribution < -0.4 is 0 Å². The molecule has 1 heterocycles. The number of benzene rings is 1. The molecule has 1 N–H and O–H groups in total. The molecule has 4 nitrogen and oxygen atoms in total. The van der Waals surface area contributed by atoms with Gasteiger partial charge in [0.2, 0.25) is 5.91 Å². The van der Waals surface area contributed by atoms with Crippen molar-refractivity contribution in [2.24, 2.45) is 11.8 Å². The number of hydrogen-bond acceptors (Lipinski definition) is 2. The number of carbonyl (C=O) groups is 2. The number of carbonyl (C=O) groups excluding carboxylic acids is 1. The highest BCUT2D eigenvalue weighted by Gasteiger charge is 2.38. The van der Waals surface area contributed by atoms with Gasteiger partial charge in [0.15, 0.2) is 0 Å². The Morgan fingerprint density at radius 2 is 2.10 bits per heavy atom. The maximum atomic E-state index is 13.2. The van der Waals surface area contributed by atoms with Crippen molar-refractivity contribution >= 4 is 11.9 Å². The Labute approximate surface area is 117 Å². The van der Waals surface area contributed by atoms with Gasteiger partial charge in [0.25, 0.3) is 0 Å². The van der Waals surface area contributed by atoms with Gasteiger partial charge >= 0.3 is 5.97 Å². The molecule has 1 saturated heterocycles. The molecule has 1 aromatic carbocycles. The van der Waals surface area contributed by atoms with E-state index >= 15 is 0 Å². The molecule has 1 aromatic rings. The predicted molar refractivity (Wildman–Crippen MR) is 71.7 cm³/mol. The molecule has 108 valence electrons. The normalized spacial score (nSPS) is 23.6. The number of aliphatic carboxylic acids is 1. The first-order valence-corrected chi connectivity index (χ1v) is 6.67. The number of likely N-dealkylation sites (tertiary alicyclic amines) is 1.